The predicted molar refractivity (Wildman–Crippen MR) is 69.8 cm³/mol. The predicted octanol–water partition coefficient (Wildman–Crippen LogP) is 0.538. The molecule has 1 heterocycles. The largest absolute Gasteiger partial charge is 0.397 e. The number of benzene rings is 1. The van der Waals surface area contributed by atoms with E-state index in [0.717, 1.165) is 0 Å². The molecule has 0 bridgehead atoms. The highest BCUT2D eigenvalue weighted by molar-refractivity contribution is 7.96. The van der Waals surface area contributed by atoms with Gasteiger partial charge in [0.1, 0.15) is 0 Å². The van der Waals surface area contributed by atoms with Crippen LogP contribution in [0.3, 0.4) is 0 Å². The highest BCUT2D eigenvalue weighted by Gasteiger charge is 2.38. The third kappa shape index (κ3) is 2.24. The lowest BCUT2D eigenvalue weighted by molar-refractivity contribution is 0.582. The van der Waals surface area contributed by atoms with Crippen molar-refractivity contribution in [2.75, 3.05) is 17.2 Å². The van der Waals surface area contributed by atoms with Crippen LogP contribution in [0.5, 0.6) is 0 Å². The van der Waals surface area contributed by atoms with Crippen LogP contribution >= 0.6 is 0 Å². The van der Waals surface area contributed by atoms with Gasteiger partial charge in [0, 0.05) is 0 Å². The second-order valence-electron chi connectivity index (χ2n) is 4.56. The number of sulfone groups is 2. The number of hydrogen-bond donors (Lipinski definition) is 1. The molecule has 1 fully saturated rings. The van der Waals surface area contributed by atoms with Crippen LogP contribution < -0.4 is 5.73 Å². The third-order valence-corrected chi connectivity index (χ3v) is 7.45. The van der Waals surface area contributed by atoms with E-state index >= 15 is 0 Å². The first-order valence-electron chi connectivity index (χ1n) is 5.53. The van der Waals surface area contributed by atoms with Crippen molar-refractivity contribution in [3.05, 3.63) is 23.8 Å². The van der Waals surface area contributed by atoms with Crippen LogP contribution in [0, 0.1) is 6.92 Å². The Morgan fingerprint density at radius 1 is 1.33 bits per heavy atom. The first-order valence-corrected chi connectivity index (χ1v) is 8.90. The summed E-state index contributed by atoms with van der Waals surface area (Å²) in [6.07, 6.45) is 0.151. The van der Waals surface area contributed by atoms with Gasteiger partial charge in [0.25, 0.3) is 0 Å². The molecule has 1 aliphatic rings. The monoisotopic (exact) mass is 289 g/mol. The molecule has 0 amide bonds. The minimum Gasteiger partial charge on any atom is -0.397 e. The first kappa shape index (κ1) is 13.4. The smallest absolute Gasteiger partial charge is 0.184 e. The molecule has 1 saturated heterocycles. The number of hydrogen-bond acceptors (Lipinski definition) is 5. The topological polar surface area (TPSA) is 94.3 Å². The molecule has 0 aliphatic carbocycles. The average molecular weight is 289 g/mol. The molecule has 2 rings (SSSR count). The third-order valence-electron chi connectivity index (χ3n) is 3.22. The summed E-state index contributed by atoms with van der Waals surface area (Å²) in [5.74, 6) is -0.370. The standard InChI is InChI=1S/C11H15NO4S2/c1-8-3-2-4-10(11(8)12)18(15,16)9-5-6-17(13,14)7-9/h2-4,9H,5-7,12H2,1H3. The van der Waals surface area contributed by atoms with Gasteiger partial charge in [-0.2, -0.15) is 0 Å². The van der Waals surface area contributed by atoms with Gasteiger partial charge in [-0.15, -0.1) is 0 Å². The van der Waals surface area contributed by atoms with Crippen LogP contribution in [0.4, 0.5) is 5.69 Å². The molecule has 1 atom stereocenters. The molecule has 1 unspecified atom stereocenters. The van der Waals surface area contributed by atoms with Gasteiger partial charge >= 0.3 is 0 Å². The van der Waals surface area contributed by atoms with Crippen molar-refractivity contribution in [1.82, 2.24) is 0 Å². The number of nitrogens with two attached hydrogens (primary N) is 1. The van der Waals surface area contributed by atoms with Crippen molar-refractivity contribution in [1.29, 1.82) is 0 Å². The van der Waals surface area contributed by atoms with E-state index in [9.17, 15) is 16.8 Å². The molecule has 0 radical (unpaired) electrons. The van der Waals surface area contributed by atoms with Crippen molar-refractivity contribution in [2.24, 2.45) is 0 Å². The highest BCUT2D eigenvalue weighted by atomic mass is 32.2. The molecule has 0 saturated carbocycles. The van der Waals surface area contributed by atoms with Gasteiger partial charge < -0.3 is 5.73 Å². The van der Waals surface area contributed by atoms with Crippen LogP contribution in [-0.2, 0) is 19.7 Å². The Morgan fingerprint density at radius 3 is 2.56 bits per heavy atom. The van der Waals surface area contributed by atoms with Gasteiger partial charge in [0.2, 0.25) is 0 Å². The highest BCUT2D eigenvalue weighted by Crippen LogP contribution is 2.30. The number of anilines is 1. The summed E-state index contributed by atoms with van der Waals surface area (Å²) in [6.45, 7) is 1.72. The summed E-state index contributed by atoms with van der Waals surface area (Å²) in [4.78, 5) is 0.0459. The molecule has 1 aliphatic heterocycles. The maximum atomic E-state index is 12.4. The van der Waals surface area contributed by atoms with Crippen molar-refractivity contribution in [2.45, 2.75) is 23.5 Å². The number of para-hydroxylation sites is 1. The molecule has 0 spiro atoms. The zero-order valence-corrected chi connectivity index (χ0v) is 11.6. The molecule has 7 heteroatoms. The zero-order chi connectivity index (χ0) is 13.6. The minimum absolute atomic E-state index is 0.0459. The lowest BCUT2D eigenvalue weighted by Crippen LogP contribution is -2.23. The van der Waals surface area contributed by atoms with Crippen molar-refractivity contribution >= 4 is 25.4 Å². The van der Waals surface area contributed by atoms with E-state index in [1.54, 1.807) is 19.1 Å². The normalized spacial score (nSPS) is 23.1. The molecule has 0 aromatic heterocycles. The average Bonchev–Trinajstić information content (AvgIpc) is 2.63. The van der Waals surface area contributed by atoms with Gasteiger partial charge in [-0.3, -0.25) is 0 Å². The van der Waals surface area contributed by atoms with E-state index in [-0.39, 0.29) is 28.5 Å². The van der Waals surface area contributed by atoms with Crippen LogP contribution in [0.25, 0.3) is 0 Å². The van der Waals surface area contributed by atoms with Gasteiger partial charge in [-0.1, -0.05) is 12.1 Å². The van der Waals surface area contributed by atoms with E-state index in [1.807, 2.05) is 0 Å². The summed E-state index contributed by atoms with van der Waals surface area (Å²) in [6, 6.07) is 4.77. The second kappa shape index (κ2) is 4.24. The van der Waals surface area contributed by atoms with Gasteiger partial charge in [-0.25, -0.2) is 16.8 Å². The first-order chi connectivity index (χ1) is 8.24. The molecule has 2 N–H and O–H groups in total. The molecule has 100 valence electrons. The van der Waals surface area contributed by atoms with Crippen molar-refractivity contribution in [3.8, 4) is 0 Å². The zero-order valence-electron chi connectivity index (χ0n) is 9.96. The molecule has 18 heavy (non-hydrogen) atoms. The fourth-order valence-corrected chi connectivity index (χ4v) is 6.64. The molecule has 1 aromatic carbocycles. The quantitative estimate of drug-likeness (QED) is 0.802. The van der Waals surface area contributed by atoms with E-state index in [0.29, 0.717) is 5.56 Å². The summed E-state index contributed by atoms with van der Waals surface area (Å²) >= 11 is 0. The second-order valence-corrected chi connectivity index (χ2v) is 8.98. The number of aryl methyl sites for hydroxylation is 1. The Morgan fingerprint density at radius 2 is 2.00 bits per heavy atom. The summed E-state index contributed by atoms with van der Waals surface area (Å²) in [7, 11) is -6.90. The van der Waals surface area contributed by atoms with E-state index in [1.165, 1.54) is 6.07 Å². The summed E-state index contributed by atoms with van der Waals surface area (Å²) in [5.41, 5.74) is 6.66. The van der Waals surface area contributed by atoms with Gasteiger partial charge in [0.15, 0.2) is 19.7 Å². The molecule has 1 aromatic rings. The molecule has 5 nitrogen and oxygen atoms in total. The van der Waals surface area contributed by atoms with E-state index < -0.39 is 24.9 Å². The molecular weight excluding hydrogens is 274 g/mol. The maximum absolute atomic E-state index is 12.4. The summed E-state index contributed by atoms with van der Waals surface area (Å²) in [5, 5.41) is -0.869. The maximum Gasteiger partial charge on any atom is 0.184 e. The van der Waals surface area contributed by atoms with Gasteiger partial charge in [-0.05, 0) is 25.0 Å². The Bertz CT molecular complexity index is 677. The minimum atomic E-state index is -3.67. The Hall–Kier alpha value is -1.08. The van der Waals surface area contributed by atoms with Crippen LogP contribution in [0.2, 0.25) is 0 Å². The fraction of sp³-hybridized carbons (Fsp3) is 0.455. The molecular formula is C11H15NO4S2. The van der Waals surface area contributed by atoms with E-state index in [2.05, 4.69) is 0 Å². The fourth-order valence-electron chi connectivity index (χ4n) is 2.09. The van der Waals surface area contributed by atoms with E-state index in [4.69, 9.17) is 5.73 Å². The van der Waals surface area contributed by atoms with Crippen LogP contribution in [0.15, 0.2) is 23.1 Å². The van der Waals surface area contributed by atoms with Gasteiger partial charge in [0.05, 0.1) is 27.3 Å². The lowest BCUT2D eigenvalue weighted by atomic mass is 10.2. The Kier molecular flexibility index (Phi) is 3.14. The van der Waals surface area contributed by atoms with Crippen LogP contribution in [-0.4, -0.2) is 33.6 Å². The van der Waals surface area contributed by atoms with Crippen LogP contribution in [0.1, 0.15) is 12.0 Å². The Labute approximate surface area is 107 Å². The number of nitrogen functional groups attached to an aromatic ring is 1. The number of rotatable bonds is 2. The summed E-state index contributed by atoms with van der Waals surface area (Å²) < 4.78 is 47.5. The Balaban J connectivity index is 2.47. The van der Waals surface area contributed by atoms with Crippen molar-refractivity contribution < 1.29 is 16.8 Å². The van der Waals surface area contributed by atoms with Crippen molar-refractivity contribution in [3.63, 3.8) is 0 Å². The lowest BCUT2D eigenvalue weighted by Gasteiger charge is -2.13. The SMILES string of the molecule is Cc1cccc(S(=O)(=O)C2CCS(=O)(=O)C2)c1N.